The fourth-order valence-corrected chi connectivity index (χ4v) is 1.12. The van der Waals surface area contributed by atoms with Gasteiger partial charge in [0.05, 0.1) is 5.41 Å². The zero-order valence-electron chi connectivity index (χ0n) is 7.80. The van der Waals surface area contributed by atoms with Gasteiger partial charge in [-0.05, 0) is 20.8 Å². The van der Waals surface area contributed by atoms with E-state index in [1.165, 1.54) is 0 Å². The first-order chi connectivity index (χ1) is 4.91. The van der Waals surface area contributed by atoms with Gasteiger partial charge in [0.2, 0.25) is 0 Å². The Labute approximate surface area is 67.0 Å². The Morgan fingerprint density at radius 3 is 2.09 bits per heavy atom. The molecule has 1 rings (SSSR count). The van der Waals surface area contributed by atoms with E-state index in [0.717, 1.165) is 11.8 Å². The lowest BCUT2D eigenvalue weighted by molar-refractivity contribution is -0.741. The van der Waals surface area contributed by atoms with Gasteiger partial charge in [-0.15, -0.1) is 0 Å². The third kappa shape index (κ3) is 1.59. The molecule has 1 heterocycles. The van der Waals surface area contributed by atoms with Gasteiger partial charge in [0.1, 0.15) is 0 Å². The van der Waals surface area contributed by atoms with Crippen LogP contribution in [0.4, 0.5) is 0 Å². The lowest BCUT2D eigenvalue weighted by atomic mass is 9.97. The van der Waals surface area contributed by atoms with Crippen molar-refractivity contribution < 1.29 is 9.10 Å². The van der Waals surface area contributed by atoms with E-state index in [2.05, 4.69) is 25.9 Å². The summed E-state index contributed by atoms with van der Waals surface area (Å²) in [6, 6.07) is 0. The summed E-state index contributed by atoms with van der Waals surface area (Å²) >= 11 is 0. The van der Waals surface area contributed by atoms with Gasteiger partial charge in [-0.25, -0.2) is 0 Å². The quantitative estimate of drug-likeness (QED) is 0.525. The molecule has 1 aromatic heterocycles. The molecule has 0 unspecified atom stereocenters. The maximum Gasteiger partial charge on any atom is 0.379 e. The molecule has 0 radical (unpaired) electrons. The van der Waals surface area contributed by atoms with Crippen LogP contribution in [0, 0.1) is 6.92 Å². The Bertz CT molecular complexity index is 258. The molecule has 0 bridgehead atoms. The molecular weight excluding hydrogens is 140 g/mol. The fourth-order valence-electron chi connectivity index (χ4n) is 1.12. The SMILES string of the molecule is Cc1n[n+](C)c(C(C)(C)C)o1. The number of nitrogens with zero attached hydrogens (tertiary/aromatic N) is 2. The van der Waals surface area contributed by atoms with E-state index in [1.807, 2.05) is 14.0 Å². The van der Waals surface area contributed by atoms with E-state index >= 15 is 0 Å². The predicted molar refractivity (Wildman–Crippen MR) is 41.1 cm³/mol. The summed E-state index contributed by atoms with van der Waals surface area (Å²) in [5.41, 5.74) is 0.0377. The summed E-state index contributed by atoms with van der Waals surface area (Å²) < 4.78 is 7.22. The molecule has 1 aromatic rings. The molecule has 0 atom stereocenters. The number of hydrogen-bond donors (Lipinski definition) is 0. The zero-order valence-corrected chi connectivity index (χ0v) is 7.80. The molecule has 62 valence electrons. The van der Waals surface area contributed by atoms with Crippen molar-refractivity contribution in [2.24, 2.45) is 7.05 Å². The first kappa shape index (κ1) is 8.24. The van der Waals surface area contributed by atoms with Crippen molar-refractivity contribution in [2.45, 2.75) is 33.1 Å². The van der Waals surface area contributed by atoms with E-state index in [-0.39, 0.29) is 5.41 Å². The standard InChI is InChI=1S/C8H15N2O/c1-6-9-10(5)7(11-6)8(2,3)4/h1-5H3/q+1. The summed E-state index contributed by atoms with van der Waals surface area (Å²) in [4.78, 5) is 0. The minimum absolute atomic E-state index is 0.0377. The van der Waals surface area contributed by atoms with E-state index in [4.69, 9.17) is 4.42 Å². The van der Waals surface area contributed by atoms with Crippen LogP contribution in [0.1, 0.15) is 32.6 Å². The highest BCUT2D eigenvalue weighted by atomic mass is 16.4. The lowest BCUT2D eigenvalue weighted by Crippen LogP contribution is -2.39. The second kappa shape index (κ2) is 2.32. The molecule has 3 nitrogen and oxygen atoms in total. The highest BCUT2D eigenvalue weighted by molar-refractivity contribution is 4.89. The molecule has 0 aromatic carbocycles. The second-order valence-electron chi connectivity index (χ2n) is 3.80. The Morgan fingerprint density at radius 1 is 1.36 bits per heavy atom. The summed E-state index contributed by atoms with van der Waals surface area (Å²) in [6.07, 6.45) is 0. The van der Waals surface area contributed by atoms with Crippen molar-refractivity contribution in [1.29, 1.82) is 0 Å². The number of hydrogen-bond acceptors (Lipinski definition) is 2. The first-order valence-electron chi connectivity index (χ1n) is 3.75. The average molecular weight is 155 g/mol. The van der Waals surface area contributed by atoms with Crippen molar-refractivity contribution in [3.8, 4) is 0 Å². The first-order valence-corrected chi connectivity index (χ1v) is 3.75. The minimum Gasteiger partial charge on any atom is -0.386 e. The molecule has 0 aliphatic carbocycles. The van der Waals surface area contributed by atoms with E-state index in [9.17, 15) is 0 Å². The largest absolute Gasteiger partial charge is 0.386 e. The van der Waals surface area contributed by atoms with E-state index < -0.39 is 0 Å². The Hall–Kier alpha value is -0.860. The van der Waals surface area contributed by atoms with E-state index in [1.54, 1.807) is 4.68 Å². The number of rotatable bonds is 0. The molecule has 0 fully saturated rings. The molecule has 0 aliphatic rings. The van der Waals surface area contributed by atoms with Gasteiger partial charge in [0, 0.05) is 12.0 Å². The molecule has 11 heavy (non-hydrogen) atoms. The van der Waals surface area contributed by atoms with Crippen LogP contribution in [0.5, 0.6) is 0 Å². The molecular formula is C8H15N2O+. The van der Waals surface area contributed by atoms with Gasteiger partial charge < -0.3 is 4.42 Å². The van der Waals surface area contributed by atoms with Crippen molar-refractivity contribution in [3.63, 3.8) is 0 Å². The van der Waals surface area contributed by atoms with Crippen LogP contribution < -0.4 is 4.68 Å². The molecule has 0 spiro atoms. The third-order valence-electron chi connectivity index (χ3n) is 1.47. The summed E-state index contributed by atoms with van der Waals surface area (Å²) in [5, 5.41) is 4.13. The maximum atomic E-state index is 5.43. The van der Waals surface area contributed by atoms with Gasteiger partial charge in [0.25, 0.3) is 5.89 Å². The third-order valence-corrected chi connectivity index (χ3v) is 1.47. The van der Waals surface area contributed by atoms with Crippen LogP contribution >= 0.6 is 0 Å². The van der Waals surface area contributed by atoms with Crippen molar-refractivity contribution >= 4 is 0 Å². The predicted octanol–water partition coefficient (Wildman–Crippen LogP) is 1.11. The highest BCUT2D eigenvalue weighted by Gasteiger charge is 2.30. The topological polar surface area (TPSA) is 29.9 Å². The Kier molecular flexibility index (Phi) is 1.74. The van der Waals surface area contributed by atoms with Crippen molar-refractivity contribution in [1.82, 2.24) is 5.10 Å². The molecule has 0 N–H and O–H groups in total. The van der Waals surface area contributed by atoms with Gasteiger partial charge in [0.15, 0.2) is 7.05 Å². The van der Waals surface area contributed by atoms with Crippen LogP contribution in [0.25, 0.3) is 0 Å². The maximum absolute atomic E-state index is 5.43. The Morgan fingerprint density at radius 2 is 1.91 bits per heavy atom. The van der Waals surface area contributed by atoms with Crippen molar-refractivity contribution in [2.75, 3.05) is 0 Å². The molecule has 0 amide bonds. The summed E-state index contributed by atoms with van der Waals surface area (Å²) in [7, 11) is 1.90. The van der Waals surface area contributed by atoms with Crippen LogP contribution in [-0.4, -0.2) is 5.10 Å². The fraction of sp³-hybridized carbons (Fsp3) is 0.750. The Balaban J connectivity index is 3.13. The van der Waals surface area contributed by atoms with Crippen LogP contribution in [0.15, 0.2) is 4.42 Å². The van der Waals surface area contributed by atoms with Gasteiger partial charge >= 0.3 is 5.89 Å². The van der Waals surface area contributed by atoms with Crippen LogP contribution in [0.3, 0.4) is 0 Å². The van der Waals surface area contributed by atoms with Gasteiger partial charge in [-0.1, -0.05) is 4.68 Å². The van der Waals surface area contributed by atoms with Crippen LogP contribution in [0.2, 0.25) is 0 Å². The number of aromatic nitrogens is 2. The monoisotopic (exact) mass is 155 g/mol. The summed E-state index contributed by atoms with van der Waals surface area (Å²) in [6.45, 7) is 8.17. The van der Waals surface area contributed by atoms with Gasteiger partial charge in [-0.2, -0.15) is 0 Å². The molecule has 0 saturated carbocycles. The molecule has 3 heteroatoms. The number of aryl methyl sites for hydroxylation is 2. The van der Waals surface area contributed by atoms with Crippen molar-refractivity contribution in [3.05, 3.63) is 11.8 Å². The lowest BCUT2D eigenvalue weighted by Gasteiger charge is -2.07. The highest BCUT2D eigenvalue weighted by Crippen LogP contribution is 2.18. The normalized spacial score (nSPS) is 12.1. The van der Waals surface area contributed by atoms with Gasteiger partial charge in [-0.3, -0.25) is 0 Å². The molecule has 0 saturated heterocycles. The average Bonchev–Trinajstić information content (AvgIpc) is 2.08. The summed E-state index contributed by atoms with van der Waals surface area (Å²) in [5.74, 6) is 1.63. The minimum atomic E-state index is 0.0377. The second-order valence-corrected chi connectivity index (χ2v) is 3.80. The van der Waals surface area contributed by atoms with Crippen LogP contribution in [-0.2, 0) is 12.5 Å². The van der Waals surface area contributed by atoms with E-state index in [0.29, 0.717) is 0 Å². The zero-order chi connectivity index (χ0) is 8.65. The molecule has 0 aliphatic heterocycles. The smallest absolute Gasteiger partial charge is 0.379 e.